The number of nitrogens with zero attached hydrogens (tertiary/aromatic N) is 6. The zero-order valence-corrected chi connectivity index (χ0v) is 65.8. The quantitative estimate of drug-likeness (QED) is 0.0810. The van der Waals surface area contributed by atoms with E-state index in [0.29, 0.717) is 0 Å². The molecule has 0 aliphatic heterocycles. The van der Waals surface area contributed by atoms with E-state index >= 15 is 9.13 Å². The molecule has 0 N–H and O–H groups in total. The lowest BCUT2D eigenvalue weighted by Crippen LogP contribution is -2.25. The Morgan fingerprint density at radius 1 is 0.171 bits per heavy atom. The lowest BCUT2D eigenvalue weighted by atomic mass is 10.0. The summed E-state index contributed by atoms with van der Waals surface area (Å²) in [4.78, 5) is 15.2. The molecule has 0 saturated heterocycles. The number of aromatic nitrogens is 6. The van der Waals surface area contributed by atoms with Gasteiger partial charge < -0.3 is 13.7 Å². The highest BCUT2D eigenvalue weighted by molar-refractivity contribution is 7.86. The Balaban J connectivity index is 0.000000106. The largest absolute Gasteiger partial charge is 0.309 e. The predicted octanol–water partition coefficient (Wildman–Crippen LogP) is 22.8. The maximum absolute atomic E-state index is 15.4. The molecule has 0 spiro atoms. The normalized spacial score (nSPS) is 12.2. The molecule has 0 bridgehead atoms. The van der Waals surface area contributed by atoms with Gasteiger partial charge in [0, 0.05) is 80.1 Å². The summed E-state index contributed by atoms with van der Waals surface area (Å²) in [5, 5.41) is 24.2. The maximum atomic E-state index is 15.4. The van der Waals surface area contributed by atoms with Crippen LogP contribution >= 0.6 is 21.4 Å². The first kappa shape index (κ1) is 69.5. The van der Waals surface area contributed by atoms with E-state index < -0.39 is 21.4 Å². The lowest BCUT2D eigenvalue weighted by molar-refractivity contribution is 0.591. The fourth-order valence-electron chi connectivity index (χ4n) is 18.0. The number of hydrogen-bond acceptors (Lipinski definition) is 6. The molecule has 24 aromatic rings. The minimum Gasteiger partial charge on any atom is -0.309 e. The zero-order chi connectivity index (χ0) is 77.9. The summed E-state index contributed by atoms with van der Waals surface area (Å²) in [6.45, 7) is 0. The SMILES string of the molecule is O=P(c1ccccc1)(c1ccccc1)c1ccc2cc3c(cc2c1)c1ccccc1n1c2ccccc2nc31.O=P(c1ccccc1)(c1ccccc1)c1ccc2cc3c4ccccc4n4c5ccccc5nc4c3cc2c1.O=P(c1ccccc1)(c1ccccc1)c1cccc2cc3c4ccccc4n4c5ccccc5nc4c3cc12. The minimum absolute atomic E-state index is 0.831. The van der Waals surface area contributed by atoms with Crippen LogP contribution in [0.15, 0.2) is 419 Å². The van der Waals surface area contributed by atoms with Gasteiger partial charge in [0.25, 0.3) is 0 Å². The van der Waals surface area contributed by atoms with E-state index in [1.807, 2.05) is 224 Å². The van der Waals surface area contributed by atoms with Gasteiger partial charge >= 0.3 is 0 Å². The fraction of sp³-hybridized carbons (Fsp3) is 0. The van der Waals surface area contributed by atoms with E-state index in [4.69, 9.17) is 15.0 Å². The second-order valence-corrected chi connectivity index (χ2v) is 38.2. The minimum atomic E-state index is -3.16. The van der Waals surface area contributed by atoms with Crippen molar-refractivity contribution in [2.24, 2.45) is 0 Å². The third-order valence-electron chi connectivity index (χ3n) is 23.4. The Morgan fingerprint density at radius 2 is 0.444 bits per heavy atom. The van der Waals surface area contributed by atoms with Crippen LogP contribution in [0.3, 0.4) is 0 Å². The molecule has 12 heteroatoms. The Kier molecular flexibility index (Phi) is 16.6. The smallest absolute Gasteiger partial charge is 0.171 e. The topological polar surface area (TPSA) is 103 Å². The second kappa shape index (κ2) is 27.8. The number of pyridine rings is 3. The summed E-state index contributed by atoms with van der Waals surface area (Å²) in [6.07, 6.45) is 0. The summed E-state index contributed by atoms with van der Waals surface area (Å²) < 4.78 is 52.2. The van der Waals surface area contributed by atoms with Crippen LogP contribution in [0, 0.1) is 0 Å². The molecule has 0 atom stereocenters. The number of imidazole rings is 3. The van der Waals surface area contributed by atoms with E-state index in [0.717, 1.165) is 174 Å². The van der Waals surface area contributed by atoms with Crippen molar-refractivity contribution in [3.05, 3.63) is 419 Å². The fourth-order valence-corrected chi connectivity index (χ4v) is 26.2. The Morgan fingerprint density at radius 3 is 0.803 bits per heavy atom. The number of para-hydroxylation sites is 9. The van der Waals surface area contributed by atoms with Gasteiger partial charge in [-0.2, -0.15) is 0 Å². The molecule has 0 aliphatic carbocycles. The third kappa shape index (κ3) is 11.1. The molecule has 18 aromatic carbocycles. The van der Waals surface area contributed by atoms with Crippen molar-refractivity contribution in [3.63, 3.8) is 0 Å². The van der Waals surface area contributed by atoms with Crippen molar-refractivity contribution in [2.75, 3.05) is 0 Å². The van der Waals surface area contributed by atoms with Gasteiger partial charge in [0.15, 0.2) is 21.4 Å². The predicted molar refractivity (Wildman–Crippen MR) is 494 cm³/mol. The standard InChI is InChI=1S/3C35H23N2OP/c38-39(25-13-3-1-4-14-25,26-15-5-2-6-16-26)34-21-11-12-24-22-29-27-17-7-9-19-32(27)37-33-20-10-8-18-31(33)36-35(37)30(29)23-28(24)34;38-39(26-11-3-1-4-12-26,27-13-5-2-6-14-27)28-20-19-24-22-31-30(23-25(24)21-28)29-15-7-9-17-33(29)37-34-18-10-8-16-32(34)36-35(31)37;38-39(26-11-3-1-4-12-26,27-13-5-2-6-14-27)28-20-19-24-22-30-29-15-7-9-17-33(29)37-34-18-10-8-16-32(34)36-35(37)31(30)23-25(24)21-28/h3*1-23H. The molecule has 24 rings (SSSR count). The number of benzene rings is 18. The number of fused-ring (bicyclic) bond motifs is 27. The molecule has 6 heterocycles. The molecule has 117 heavy (non-hydrogen) atoms. The summed E-state index contributed by atoms with van der Waals surface area (Å²) in [7, 11) is -9.30. The molecule has 0 saturated carbocycles. The number of rotatable bonds is 9. The number of hydrogen-bond donors (Lipinski definition) is 0. The highest BCUT2D eigenvalue weighted by Gasteiger charge is 2.34. The maximum Gasteiger partial charge on any atom is 0.171 e. The Bertz CT molecular complexity index is 8130. The molecule has 0 amide bonds. The molecular weight excluding hydrogens is 1490 g/mol. The Labute approximate surface area is 672 Å². The van der Waals surface area contributed by atoms with Gasteiger partial charge in [0.05, 0.1) is 49.7 Å². The second-order valence-electron chi connectivity index (χ2n) is 29.9. The van der Waals surface area contributed by atoms with Crippen LogP contribution in [0.4, 0.5) is 0 Å². The first-order chi connectivity index (χ1) is 57.7. The van der Waals surface area contributed by atoms with Gasteiger partial charge in [-0.1, -0.05) is 315 Å². The summed E-state index contributed by atoms with van der Waals surface area (Å²) in [5.74, 6) is 0. The van der Waals surface area contributed by atoms with Gasteiger partial charge in [-0.3, -0.25) is 13.2 Å². The van der Waals surface area contributed by atoms with Crippen LogP contribution in [-0.2, 0) is 13.7 Å². The van der Waals surface area contributed by atoms with Crippen LogP contribution < -0.4 is 47.7 Å². The van der Waals surface area contributed by atoms with E-state index in [1.54, 1.807) is 0 Å². The Hall–Kier alpha value is -14.2. The van der Waals surface area contributed by atoms with E-state index in [9.17, 15) is 4.57 Å². The van der Waals surface area contributed by atoms with E-state index in [2.05, 4.69) is 207 Å². The van der Waals surface area contributed by atoms with Gasteiger partial charge in [-0.05, 0) is 152 Å². The highest BCUT2D eigenvalue weighted by atomic mass is 31.2. The van der Waals surface area contributed by atoms with Gasteiger partial charge in [-0.25, -0.2) is 15.0 Å². The van der Waals surface area contributed by atoms with E-state index in [-0.39, 0.29) is 0 Å². The zero-order valence-electron chi connectivity index (χ0n) is 63.1. The van der Waals surface area contributed by atoms with Gasteiger partial charge in [0.1, 0.15) is 16.9 Å². The van der Waals surface area contributed by atoms with Crippen LogP contribution in [0.1, 0.15) is 0 Å². The average molecular weight is 1560 g/mol. The van der Waals surface area contributed by atoms with Crippen molar-refractivity contribution in [3.8, 4) is 0 Å². The van der Waals surface area contributed by atoms with Crippen LogP contribution in [0.5, 0.6) is 0 Å². The van der Waals surface area contributed by atoms with E-state index in [1.165, 1.54) is 21.5 Å². The molecule has 0 fully saturated rings. The van der Waals surface area contributed by atoms with Gasteiger partial charge in [0.2, 0.25) is 0 Å². The summed E-state index contributed by atoms with van der Waals surface area (Å²) in [6, 6.07) is 142. The molecule has 6 aromatic heterocycles. The molecule has 0 unspecified atom stereocenters. The van der Waals surface area contributed by atoms with Crippen molar-refractivity contribution < 1.29 is 13.7 Å². The summed E-state index contributed by atoms with van der Waals surface area (Å²) >= 11 is 0. The van der Waals surface area contributed by atoms with Crippen LogP contribution in [-0.4, -0.2) is 28.2 Å². The van der Waals surface area contributed by atoms with Crippen LogP contribution in [0.25, 0.3) is 147 Å². The third-order valence-corrected chi connectivity index (χ3v) is 32.6. The molecule has 9 nitrogen and oxygen atoms in total. The molecule has 0 radical (unpaired) electrons. The highest BCUT2D eigenvalue weighted by Crippen LogP contribution is 2.49. The first-order valence-corrected chi connectivity index (χ1v) is 44.4. The molecule has 0 aliphatic rings. The van der Waals surface area contributed by atoms with Crippen molar-refractivity contribution in [1.29, 1.82) is 0 Å². The molecular formula is C105H69N6O3P3. The van der Waals surface area contributed by atoms with Crippen molar-refractivity contribution >= 4 is 217 Å². The monoisotopic (exact) mass is 1550 g/mol. The van der Waals surface area contributed by atoms with Crippen molar-refractivity contribution in [2.45, 2.75) is 0 Å². The van der Waals surface area contributed by atoms with Crippen LogP contribution in [0.2, 0.25) is 0 Å². The van der Waals surface area contributed by atoms with Crippen molar-refractivity contribution in [1.82, 2.24) is 28.2 Å². The average Bonchev–Trinajstić information content (AvgIpc) is 1.67. The first-order valence-electron chi connectivity index (χ1n) is 39.3. The lowest BCUT2D eigenvalue weighted by Gasteiger charge is -2.22. The summed E-state index contributed by atoms with van der Waals surface area (Å²) in [5.41, 5.74) is 12.4. The van der Waals surface area contributed by atoms with Gasteiger partial charge in [-0.15, -0.1) is 0 Å². The molecule has 552 valence electrons.